The minimum absolute atomic E-state index is 0.0611. The van der Waals surface area contributed by atoms with Gasteiger partial charge in [0.2, 0.25) is 5.88 Å². The summed E-state index contributed by atoms with van der Waals surface area (Å²) in [7, 11) is 0. The van der Waals surface area contributed by atoms with E-state index in [4.69, 9.17) is 9.84 Å². The van der Waals surface area contributed by atoms with Crippen molar-refractivity contribution >= 4 is 28.6 Å². The van der Waals surface area contributed by atoms with Crippen LogP contribution in [0.1, 0.15) is 46.4 Å². The molecule has 8 heteroatoms. The van der Waals surface area contributed by atoms with Crippen LogP contribution in [-0.2, 0) is 4.79 Å². The minimum Gasteiger partial charge on any atom is -0.481 e. The molecule has 0 saturated heterocycles. The van der Waals surface area contributed by atoms with Crippen molar-refractivity contribution in [3.8, 4) is 5.88 Å². The summed E-state index contributed by atoms with van der Waals surface area (Å²) in [5, 5.41) is 16.7. The molecule has 2 aromatic carbocycles. The van der Waals surface area contributed by atoms with Gasteiger partial charge in [0.1, 0.15) is 6.10 Å². The zero-order valence-corrected chi connectivity index (χ0v) is 18.7. The van der Waals surface area contributed by atoms with Gasteiger partial charge in [-0.1, -0.05) is 30.3 Å². The molecule has 176 valence electrons. The molecular weight excluding hydrogens is 434 g/mol. The Kier molecular flexibility index (Phi) is 7.37. The Bertz CT molecular complexity index is 1170. The molecule has 0 radical (unpaired) electrons. The topological polar surface area (TPSA) is 118 Å². The Morgan fingerprint density at radius 3 is 2.15 bits per heavy atom. The predicted molar refractivity (Wildman–Crippen MR) is 127 cm³/mol. The Morgan fingerprint density at radius 1 is 0.853 bits per heavy atom. The van der Waals surface area contributed by atoms with Crippen LogP contribution >= 0.6 is 0 Å². The first-order chi connectivity index (χ1) is 16.5. The summed E-state index contributed by atoms with van der Waals surface area (Å²) >= 11 is 0. The van der Waals surface area contributed by atoms with Gasteiger partial charge in [-0.3, -0.25) is 14.4 Å². The maximum Gasteiger partial charge on any atom is 0.306 e. The first-order valence-corrected chi connectivity index (χ1v) is 11.4. The van der Waals surface area contributed by atoms with Gasteiger partial charge in [-0.15, -0.1) is 0 Å². The molecule has 0 bridgehead atoms. The van der Waals surface area contributed by atoms with Crippen molar-refractivity contribution in [2.24, 2.45) is 5.92 Å². The van der Waals surface area contributed by atoms with E-state index in [-0.39, 0.29) is 30.4 Å². The number of hydrogen-bond acceptors (Lipinski definition) is 5. The number of hydrogen-bond donors (Lipinski definition) is 3. The first kappa shape index (κ1) is 23.2. The summed E-state index contributed by atoms with van der Waals surface area (Å²) in [5.41, 5.74) is 0.962. The number of fused-ring (bicyclic) bond motifs is 1. The maximum absolute atomic E-state index is 12.4. The second kappa shape index (κ2) is 10.8. The van der Waals surface area contributed by atoms with E-state index in [1.807, 2.05) is 36.4 Å². The Labute approximate surface area is 197 Å². The highest BCUT2D eigenvalue weighted by atomic mass is 16.5. The second-order valence-electron chi connectivity index (χ2n) is 8.39. The van der Waals surface area contributed by atoms with Crippen LogP contribution in [0, 0.1) is 5.92 Å². The minimum atomic E-state index is -0.750. The molecule has 1 heterocycles. The van der Waals surface area contributed by atoms with Crippen LogP contribution in [0.5, 0.6) is 5.88 Å². The van der Waals surface area contributed by atoms with Gasteiger partial charge in [0.25, 0.3) is 11.8 Å². The van der Waals surface area contributed by atoms with Crippen LogP contribution in [0.25, 0.3) is 10.8 Å². The van der Waals surface area contributed by atoms with Crippen molar-refractivity contribution in [1.29, 1.82) is 0 Å². The zero-order valence-electron chi connectivity index (χ0n) is 18.7. The highest BCUT2D eigenvalue weighted by Crippen LogP contribution is 2.27. The zero-order chi connectivity index (χ0) is 23.9. The number of pyridine rings is 1. The van der Waals surface area contributed by atoms with Crippen molar-refractivity contribution < 1.29 is 24.2 Å². The number of ether oxygens (including phenoxy) is 1. The summed E-state index contributed by atoms with van der Waals surface area (Å²) < 4.78 is 5.83. The van der Waals surface area contributed by atoms with E-state index in [1.165, 1.54) is 6.20 Å². The van der Waals surface area contributed by atoms with E-state index in [1.54, 1.807) is 18.2 Å². The van der Waals surface area contributed by atoms with Crippen molar-refractivity contribution in [2.75, 3.05) is 13.1 Å². The molecule has 1 aromatic heterocycles. The third-order valence-electron chi connectivity index (χ3n) is 6.02. The lowest BCUT2D eigenvalue weighted by molar-refractivity contribution is -0.143. The van der Waals surface area contributed by atoms with Crippen molar-refractivity contribution in [2.45, 2.75) is 31.8 Å². The molecule has 0 aliphatic heterocycles. The number of carbonyl (C=O) groups is 3. The van der Waals surface area contributed by atoms with Crippen molar-refractivity contribution in [3.63, 3.8) is 0 Å². The van der Waals surface area contributed by atoms with E-state index in [0.717, 1.165) is 10.8 Å². The summed E-state index contributed by atoms with van der Waals surface area (Å²) in [6, 6.07) is 16.6. The van der Waals surface area contributed by atoms with Gasteiger partial charge in [0, 0.05) is 30.9 Å². The lowest BCUT2D eigenvalue weighted by atomic mass is 9.87. The molecule has 3 aromatic rings. The number of rotatable bonds is 8. The number of amides is 2. The molecule has 2 amide bonds. The van der Waals surface area contributed by atoms with E-state index >= 15 is 0 Å². The fourth-order valence-electron chi connectivity index (χ4n) is 4.07. The SMILES string of the molecule is O=C(NCCNC(=O)c1ccc2ccccc2c1)c1ccc(O[C@H]2CC[C@@H](C(=O)O)CC2)nc1. The lowest BCUT2D eigenvalue weighted by Crippen LogP contribution is -2.34. The first-order valence-electron chi connectivity index (χ1n) is 11.4. The van der Waals surface area contributed by atoms with Gasteiger partial charge < -0.3 is 20.5 Å². The normalized spacial score (nSPS) is 17.6. The van der Waals surface area contributed by atoms with Crippen LogP contribution in [-0.4, -0.2) is 47.1 Å². The van der Waals surface area contributed by atoms with E-state index < -0.39 is 5.97 Å². The van der Waals surface area contributed by atoms with E-state index in [9.17, 15) is 14.4 Å². The average molecular weight is 462 g/mol. The molecule has 0 unspecified atom stereocenters. The summed E-state index contributed by atoms with van der Waals surface area (Å²) in [6.07, 6.45) is 3.92. The quantitative estimate of drug-likeness (QED) is 0.443. The molecule has 1 fully saturated rings. The summed E-state index contributed by atoms with van der Waals surface area (Å²) in [4.78, 5) is 40.0. The Morgan fingerprint density at radius 2 is 1.50 bits per heavy atom. The standard InChI is InChI=1S/C26H27N3O5/c30-24(20-6-5-17-3-1-2-4-19(17)15-20)27-13-14-28-25(31)21-9-12-23(29-16-21)34-22-10-7-18(8-11-22)26(32)33/h1-6,9,12,15-16,18,22H,7-8,10-11,13-14H2,(H,27,30)(H,28,31)(H,32,33)/t18-,22+. The fourth-order valence-corrected chi connectivity index (χ4v) is 4.07. The van der Waals surface area contributed by atoms with Gasteiger partial charge in [-0.2, -0.15) is 0 Å². The number of aliphatic carboxylic acids is 1. The molecule has 34 heavy (non-hydrogen) atoms. The van der Waals surface area contributed by atoms with Gasteiger partial charge in [0.15, 0.2) is 0 Å². The van der Waals surface area contributed by atoms with E-state index in [0.29, 0.717) is 49.2 Å². The lowest BCUT2D eigenvalue weighted by Gasteiger charge is -2.26. The summed E-state index contributed by atoms with van der Waals surface area (Å²) in [5.74, 6) is -1.11. The predicted octanol–water partition coefficient (Wildman–Crippen LogP) is 3.42. The van der Waals surface area contributed by atoms with Gasteiger partial charge in [-0.05, 0) is 54.7 Å². The highest BCUT2D eigenvalue weighted by molar-refractivity contribution is 5.98. The van der Waals surface area contributed by atoms with Gasteiger partial charge in [-0.25, -0.2) is 4.98 Å². The molecule has 1 aliphatic carbocycles. The molecule has 3 N–H and O–H groups in total. The largest absolute Gasteiger partial charge is 0.481 e. The Balaban J connectivity index is 1.19. The van der Waals surface area contributed by atoms with Crippen LogP contribution in [0.4, 0.5) is 0 Å². The molecular formula is C26H27N3O5. The number of carbonyl (C=O) groups excluding carboxylic acids is 2. The van der Waals surface area contributed by atoms with Crippen LogP contribution < -0.4 is 15.4 Å². The number of aromatic nitrogens is 1. The second-order valence-corrected chi connectivity index (χ2v) is 8.39. The molecule has 4 rings (SSSR count). The highest BCUT2D eigenvalue weighted by Gasteiger charge is 2.27. The maximum atomic E-state index is 12.4. The number of benzene rings is 2. The third kappa shape index (κ3) is 5.89. The van der Waals surface area contributed by atoms with Crippen molar-refractivity contribution in [3.05, 3.63) is 71.9 Å². The smallest absolute Gasteiger partial charge is 0.306 e. The van der Waals surface area contributed by atoms with Gasteiger partial charge >= 0.3 is 5.97 Å². The molecule has 0 atom stereocenters. The van der Waals surface area contributed by atoms with Gasteiger partial charge in [0.05, 0.1) is 11.5 Å². The van der Waals surface area contributed by atoms with Crippen molar-refractivity contribution in [1.82, 2.24) is 15.6 Å². The molecule has 1 aliphatic rings. The van der Waals surface area contributed by atoms with Crippen LogP contribution in [0.2, 0.25) is 0 Å². The third-order valence-corrected chi connectivity index (χ3v) is 6.02. The van der Waals surface area contributed by atoms with Crippen LogP contribution in [0.3, 0.4) is 0 Å². The average Bonchev–Trinajstić information content (AvgIpc) is 2.87. The monoisotopic (exact) mass is 461 g/mol. The fraction of sp³-hybridized carbons (Fsp3) is 0.308. The number of carboxylic acid groups (broad SMARTS) is 1. The number of carboxylic acids is 1. The number of nitrogens with one attached hydrogen (secondary N) is 2. The number of nitrogens with zero attached hydrogens (tertiary/aromatic N) is 1. The molecule has 1 saturated carbocycles. The molecule has 8 nitrogen and oxygen atoms in total. The molecule has 0 spiro atoms. The van der Waals surface area contributed by atoms with Crippen LogP contribution in [0.15, 0.2) is 60.8 Å². The van der Waals surface area contributed by atoms with E-state index in [2.05, 4.69) is 15.6 Å². The summed E-state index contributed by atoms with van der Waals surface area (Å²) in [6.45, 7) is 0.578. The Hall–Kier alpha value is -3.94.